The summed E-state index contributed by atoms with van der Waals surface area (Å²) in [4.78, 5) is 3.75. The molecule has 14 heavy (non-hydrogen) atoms. The SMILES string of the molecule is OCCN(Cc1ccc(Br)s1)C1CC1. The van der Waals surface area contributed by atoms with Crippen LogP contribution in [0.3, 0.4) is 0 Å². The maximum absolute atomic E-state index is 8.95. The number of aliphatic hydroxyl groups is 1. The van der Waals surface area contributed by atoms with Gasteiger partial charge >= 0.3 is 0 Å². The van der Waals surface area contributed by atoms with Crippen LogP contribution in [0.5, 0.6) is 0 Å². The molecule has 4 heteroatoms. The van der Waals surface area contributed by atoms with E-state index in [0.717, 1.165) is 19.1 Å². The van der Waals surface area contributed by atoms with Crippen LogP contribution in [0.2, 0.25) is 0 Å². The van der Waals surface area contributed by atoms with Gasteiger partial charge in [0, 0.05) is 24.0 Å². The lowest BCUT2D eigenvalue weighted by molar-refractivity contribution is 0.184. The lowest BCUT2D eigenvalue weighted by Crippen LogP contribution is -2.28. The van der Waals surface area contributed by atoms with Crippen LogP contribution in [0.25, 0.3) is 0 Å². The van der Waals surface area contributed by atoms with Crippen LogP contribution in [0.1, 0.15) is 17.7 Å². The van der Waals surface area contributed by atoms with E-state index in [1.807, 2.05) is 0 Å². The van der Waals surface area contributed by atoms with Crippen LogP contribution < -0.4 is 0 Å². The van der Waals surface area contributed by atoms with Gasteiger partial charge in [-0.15, -0.1) is 11.3 Å². The first kappa shape index (κ1) is 10.6. The van der Waals surface area contributed by atoms with Crippen molar-refractivity contribution in [1.29, 1.82) is 0 Å². The van der Waals surface area contributed by atoms with E-state index in [1.165, 1.54) is 21.5 Å². The molecule has 2 rings (SSSR count). The predicted molar refractivity (Wildman–Crippen MR) is 62.5 cm³/mol. The monoisotopic (exact) mass is 275 g/mol. The summed E-state index contributed by atoms with van der Waals surface area (Å²) >= 11 is 5.24. The Labute approximate surface area is 96.7 Å². The topological polar surface area (TPSA) is 23.5 Å². The second kappa shape index (κ2) is 4.75. The van der Waals surface area contributed by atoms with E-state index in [2.05, 4.69) is 33.0 Å². The third-order valence-electron chi connectivity index (χ3n) is 2.44. The molecule has 0 amide bonds. The minimum atomic E-state index is 0.267. The van der Waals surface area contributed by atoms with E-state index in [1.54, 1.807) is 11.3 Å². The fraction of sp³-hybridized carbons (Fsp3) is 0.600. The Hall–Kier alpha value is 0.1000. The second-order valence-corrected chi connectivity index (χ2v) is 6.18. The third-order valence-corrected chi connectivity index (χ3v) is 4.05. The van der Waals surface area contributed by atoms with Crippen LogP contribution in [-0.2, 0) is 6.54 Å². The number of nitrogens with zero attached hydrogens (tertiary/aromatic N) is 1. The number of hydrogen-bond acceptors (Lipinski definition) is 3. The molecule has 1 fully saturated rings. The van der Waals surface area contributed by atoms with Crippen molar-refractivity contribution in [3.05, 3.63) is 20.8 Å². The predicted octanol–water partition coefficient (Wildman–Crippen LogP) is 2.47. The van der Waals surface area contributed by atoms with Crippen LogP contribution in [0, 0.1) is 0 Å². The highest BCUT2D eigenvalue weighted by atomic mass is 79.9. The summed E-state index contributed by atoms with van der Waals surface area (Å²) in [6.45, 7) is 2.06. The summed E-state index contributed by atoms with van der Waals surface area (Å²) in [5.41, 5.74) is 0. The molecular formula is C10H14BrNOS. The molecule has 0 aliphatic heterocycles. The number of halogens is 1. The molecule has 0 bridgehead atoms. The molecule has 0 atom stereocenters. The minimum absolute atomic E-state index is 0.267. The molecule has 1 heterocycles. The number of hydrogen-bond donors (Lipinski definition) is 1. The van der Waals surface area contributed by atoms with Gasteiger partial charge in [0.25, 0.3) is 0 Å². The lowest BCUT2D eigenvalue weighted by atomic mass is 10.4. The van der Waals surface area contributed by atoms with Gasteiger partial charge < -0.3 is 5.11 Å². The molecule has 1 aromatic heterocycles. The highest BCUT2D eigenvalue weighted by Crippen LogP contribution is 2.30. The lowest BCUT2D eigenvalue weighted by Gasteiger charge is -2.19. The van der Waals surface area contributed by atoms with Crippen LogP contribution in [-0.4, -0.2) is 29.2 Å². The van der Waals surface area contributed by atoms with E-state index >= 15 is 0 Å². The van der Waals surface area contributed by atoms with Gasteiger partial charge in [-0.25, -0.2) is 0 Å². The van der Waals surface area contributed by atoms with Gasteiger partial charge in [-0.3, -0.25) is 4.90 Å². The van der Waals surface area contributed by atoms with Crippen molar-refractivity contribution in [3.63, 3.8) is 0 Å². The van der Waals surface area contributed by atoms with Crippen LogP contribution >= 0.6 is 27.3 Å². The molecule has 0 saturated heterocycles. The summed E-state index contributed by atoms with van der Waals surface area (Å²) in [7, 11) is 0. The zero-order valence-corrected chi connectivity index (χ0v) is 10.4. The Morgan fingerprint density at radius 3 is 2.79 bits per heavy atom. The van der Waals surface area contributed by atoms with Gasteiger partial charge in [-0.2, -0.15) is 0 Å². The Balaban J connectivity index is 1.92. The smallest absolute Gasteiger partial charge is 0.0701 e. The summed E-state index contributed by atoms with van der Waals surface area (Å²) in [5.74, 6) is 0. The Kier molecular flexibility index (Phi) is 3.60. The number of rotatable bonds is 5. The van der Waals surface area contributed by atoms with E-state index in [9.17, 15) is 0 Å². The van der Waals surface area contributed by atoms with Gasteiger partial charge in [-0.05, 0) is 40.9 Å². The zero-order valence-electron chi connectivity index (χ0n) is 7.95. The molecule has 2 nitrogen and oxygen atoms in total. The van der Waals surface area contributed by atoms with Crippen molar-refractivity contribution < 1.29 is 5.11 Å². The van der Waals surface area contributed by atoms with E-state index < -0.39 is 0 Å². The van der Waals surface area contributed by atoms with Gasteiger partial charge in [0.1, 0.15) is 0 Å². The van der Waals surface area contributed by atoms with Crippen molar-refractivity contribution in [3.8, 4) is 0 Å². The molecule has 0 aromatic carbocycles. The zero-order chi connectivity index (χ0) is 9.97. The Bertz CT molecular complexity index is 298. The molecule has 0 unspecified atom stereocenters. The summed E-state index contributed by atoms with van der Waals surface area (Å²) in [6.07, 6.45) is 2.60. The minimum Gasteiger partial charge on any atom is -0.395 e. The molecule has 1 saturated carbocycles. The van der Waals surface area contributed by atoms with Gasteiger partial charge in [0.2, 0.25) is 0 Å². The summed E-state index contributed by atoms with van der Waals surface area (Å²) in [6, 6.07) is 4.97. The highest BCUT2D eigenvalue weighted by molar-refractivity contribution is 9.11. The van der Waals surface area contributed by atoms with Crippen molar-refractivity contribution >= 4 is 27.3 Å². The van der Waals surface area contributed by atoms with Crippen molar-refractivity contribution in [1.82, 2.24) is 4.90 Å². The van der Waals surface area contributed by atoms with Crippen molar-refractivity contribution in [2.45, 2.75) is 25.4 Å². The summed E-state index contributed by atoms with van der Waals surface area (Å²) in [5, 5.41) is 8.95. The maximum atomic E-state index is 8.95. The largest absolute Gasteiger partial charge is 0.395 e. The Morgan fingerprint density at radius 1 is 1.50 bits per heavy atom. The fourth-order valence-electron chi connectivity index (χ4n) is 1.60. The van der Waals surface area contributed by atoms with E-state index in [0.29, 0.717) is 0 Å². The molecule has 0 spiro atoms. The first-order valence-electron chi connectivity index (χ1n) is 4.88. The Morgan fingerprint density at radius 2 is 2.29 bits per heavy atom. The van der Waals surface area contributed by atoms with Gasteiger partial charge in [0.15, 0.2) is 0 Å². The summed E-state index contributed by atoms with van der Waals surface area (Å²) < 4.78 is 1.19. The fourth-order valence-corrected chi connectivity index (χ4v) is 3.10. The molecule has 0 radical (unpaired) electrons. The molecule has 78 valence electrons. The average Bonchev–Trinajstić information content (AvgIpc) is 2.91. The number of thiophene rings is 1. The second-order valence-electron chi connectivity index (χ2n) is 3.63. The van der Waals surface area contributed by atoms with Crippen molar-refractivity contribution in [2.24, 2.45) is 0 Å². The molecule has 1 aliphatic carbocycles. The molecule has 1 N–H and O–H groups in total. The first-order valence-corrected chi connectivity index (χ1v) is 6.49. The normalized spacial score (nSPS) is 16.5. The van der Waals surface area contributed by atoms with Crippen LogP contribution in [0.15, 0.2) is 15.9 Å². The van der Waals surface area contributed by atoms with Gasteiger partial charge in [0.05, 0.1) is 10.4 Å². The third kappa shape index (κ3) is 2.79. The van der Waals surface area contributed by atoms with Crippen molar-refractivity contribution in [2.75, 3.05) is 13.2 Å². The quantitative estimate of drug-likeness (QED) is 0.893. The van der Waals surface area contributed by atoms with E-state index in [4.69, 9.17) is 5.11 Å². The van der Waals surface area contributed by atoms with E-state index in [-0.39, 0.29) is 6.61 Å². The van der Waals surface area contributed by atoms with Gasteiger partial charge in [-0.1, -0.05) is 0 Å². The first-order chi connectivity index (χ1) is 6.79. The molecule has 1 aromatic rings. The molecular weight excluding hydrogens is 262 g/mol. The standard InChI is InChI=1S/C10H14BrNOS/c11-10-4-3-9(14-10)7-12(5-6-13)8-1-2-8/h3-4,8,13H,1-2,5-7H2. The number of aliphatic hydroxyl groups excluding tert-OH is 1. The average molecular weight is 276 g/mol. The maximum Gasteiger partial charge on any atom is 0.0701 e. The van der Waals surface area contributed by atoms with Crippen LogP contribution in [0.4, 0.5) is 0 Å². The highest BCUT2D eigenvalue weighted by Gasteiger charge is 2.28. The molecule has 1 aliphatic rings.